The summed E-state index contributed by atoms with van der Waals surface area (Å²) in [6.07, 6.45) is 3.61. The molecule has 0 aliphatic heterocycles. The average Bonchev–Trinajstić information content (AvgIpc) is 2.63. The van der Waals surface area contributed by atoms with Crippen LogP contribution in [0.4, 0.5) is 17.3 Å². The van der Waals surface area contributed by atoms with Gasteiger partial charge in [-0.3, -0.25) is 0 Å². The van der Waals surface area contributed by atoms with E-state index in [1.54, 1.807) is 19.5 Å². The molecule has 2 N–H and O–H groups in total. The Morgan fingerprint density at radius 3 is 2.22 bits per heavy atom. The van der Waals surface area contributed by atoms with E-state index in [2.05, 4.69) is 20.6 Å². The van der Waals surface area contributed by atoms with Crippen LogP contribution in [0.25, 0.3) is 11.1 Å². The Hall–Kier alpha value is -3.08. The van der Waals surface area contributed by atoms with Crippen LogP contribution in [-0.4, -0.2) is 24.1 Å². The Morgan fingerprint density at radius 2 is 1.57 bits per heavy atom. The summed E-state index contributed by atoms with van der Waals surface area (Å²) in [4.78, 5) is 8.75. The maximum absolute atomic E-state index is 5.16. The first-order valence-electron chi connectivity index (χ1n) is 7.30. The van der Waals surface area contributed by atoms with Gasteiger partial charge in [-0.1, -0.05) is 18.2 Å². The number of nitrogens with one attached hydrogen (secondary N) is 2. The van der Waals surface area contributed by atoms with Crippen molar-refractivity contribution in [2.75, 3.05) is 24.8 Å². The molecule has 3 aromatic rings. The molecule has 116 valence electrons. The summed E-state index contributed by atoms with van der Waals surface area (Å²) in [5.74, 6) is 1.40. The summed E-state index contributed by atoms with van der Waals surface area (Å²) in [6, 6.07) is 15.8. The van der Waals surface area contributed by atoms with Crippen molar-refractivity contribution in [3.8, 4) is 16.9 Å². The predicted molar refractivity (Wildman–Crippen MR) is 93.3 cm³/mol. The van der Waals surface area contributed by atoms with Crippen LogP contribution in [0.2, 0.25) is 0 Å². The van der Waals surface area contributed by atoms with Crippen LogP contribution in [-0.2, 0) is 0 Å². The molecule has 0 amide bonds. The van der Waals surface area contributed by atoms with Gasteiger partial charge in [0.25, 0.3) is 0 Å². The highest BCUT2D eigenvalue weighted by atomic mass is 16.5. The standard InChI is InChI=1S/C18H18N4O/c1-19-15-4-3-5-16(10-15)22-18-20-11-14(12-21-18)13-6-8-17(23-2)9-7-13/h3-12,19H,1-2H3,(H,20,21,22). The number of hydrogen-bond donors (Lipinski definition) is 2. The molecule has 0 atom stereocenters. The molecular weight excluding hydrogens is 288 g/mol. The summed E-state index contributed by atoms with van der Waals surface area (Å²) in [6.45, 7) is 0. The first-order chi connectivity index (χ1) is 11.3. The molecular formula is C18H18N4O. The molecule has 0 unspecified atom stereocenters. The zero-order valence-electron chi connectivity index (χ0n) is 13.1. The van der Waals surface area contributed by atoms with Crippen molar-refractivity contribution < 1.29 is 4.74 Å². The molecule has 1 aromatic heterocycles. The highest BCUT2D eigenvalue weighted by molar-refractivity contribution is 5.64. The zero-order valence-corrected chi connectivity index (χ0v) is 13.1. The van der Waals surface area contributed by atoms with E-state index in [-0.39, 0.29) is 0 Å². The number of methoxy groups -OCH3 is 1. The number of hydrogen-bond acceptors (Lipinski definition) is 5. The van der Waals surface area contributed by atoms with E-state index in [0.29, 0.717) is 5.95 Å². The van der Waals surface area contributed by atoms with Crippen LogP contribution in [0.15, 0.2) is 60.9 Å². The second-order valence-corrected chi connectivity index (χ2v) is 4.98. The predicted octanol–water partition coefficient (Wildman–Crippen LogP) is 3.94. The fourth-order valence-electron chi connectivity index (χ4n) is 2.21. The highest BCUT2D eigenvalue weighted by Crippen LogP contribution is 2.22. The van der Waals surface area contributed by atoms with Gasteiger partial charge in [0.05, 0.1) is 7.11 Å². The van der Waals surface area contributed by atoms with Crippen molar-refractivity contribution >= 4 is 17.3 Å². The van der Waals surface area contributed by atoms with Crippen molar-refractivity contribution in [3.05, 3.63) is 60.9 Å². The average molecular weight is 306 g/mol. The molecule has 0 aliphatic rings. The smallest absolute Gasteiger partial charge is 0.227 e. The van der Waals surface area contributed by atoms with Crippen molar-refractivity contribution in [2.45, 2.75) is 0 Å². The molecule has 0 aliphatic carbocycles. The van der Waals surface area contributed by atoms with Gasteiger partial charge >= 0.3 is 0 Å². The molecule has 2 aromatic carbocycles. The third-order valence-electron chi connectivity index (χ3n) is 3.48. The molecule has 0 spiro atoms. The van der Waals surface area contributed by atoms with Crippen LogP contribution in [0.3, 0.4) is 0 Å². The van der Waals surface area contributed by atoms with Crippen molar-refractivity contribution in [1.29, 1.82) is 0 Å². The van der Waals surface area contributed by atoms with Crippen LogP contribution in [0, 0.1) is 0 Å². The normalized spacial score (nSPS) is 10.2. The fourth-order valence-corrected chi connectivity index (χ4v) is 2.21. The second kappa shape index (κ2) is 6.79. The topological polar surface area (TPSA) is 59.1 Å². The lowest BCUT2D eigenvalue weighted by atomic mass is 10.1. The molecule has 0 saturated heterocycles. The molecule has 1 heterocycles. The van der Waals surface area contributed by atoms with Gasteiger partial charge in [-0.15, -0.1) is 0 Å². The summed E-state index contributed by atoms with van der Waals surface area (Å²) in [5.41, 5.74) is 3.98. The van der Waals surface area contributed by atoms with Crippen molar-refractivity contribution in [2.24, 2.45) is 0 Å². The molecule has 5 nitrogen and oxygen atoms in total. The number of ether oxygens (including phenoxy) is 1. The van der Waals surface area contributed by atoms with E-state index in [4.69, 9.17) is 4.74 Å². The van der Waals surface area contributed by atoms with Gasteiger partial charge in [-0.2, -0.15) is 0 Å². The van der Waals surface area contributed by atoms with Crippen LogP contribution in [0.1, 0.15) is 0 Å². The summed E-state index contributed by atoms with van der Waals surface area (Å²) < 4.78 is 5.16. The number of benzene rings is 2. The third-order valence-corrected chi connectivity index (χ3v) is 3.48. The Morgan fingerprint density at radius 1 is 0.870 bits per heavy atom. The van der Waals surface area contributed by atoms with Gasteiger partial charge in [0.1, 0.15) is 5.75 Å². The lowest BCUT2D eigenvalue weighted by Crippen LogP contribution is -1.97. The van der Waals surface area contributed by atoms with Crippen LogP contribution >= 0.6 is 0 Å². The lowest BCUT2D eigenvalue weighted by molar-refractivity contribution is 0.415. The molecule has 23 heavy (non-hydrogen) atoms. The minimum atomic E-state index is 0.565. The van der Waals surface area contributed by atoms with Gasteiger partial charge in [-0.05, 0) is 35.9 Å². The maximum Gasteiger partial charge on any atom is 0.227 e. The van der Waals surface area contributed by atoms with E-state index in [0.717, 1.165) is 28.3 Å². The Kier molecular flexibility index (Phi) is 4.38. The third kappa shape index (κ3) is 3.58. The van der Waals surface area contributed by atoms with Crippen molar-refractivity contribution in [3.63, 3.8) is 0 Å². The van der Waals surface area contributed by atoms with E-state index >= 15 is 0 Å². The Labute approximate surface area is 135 Å². The Bertz CT molecular complexity index is 770. The minimum absolute atomic E-state index is 0.565. The molecule has 0 radical (unpaired) electrons. The lowest BCUT2D eigenvalue weighted by Gasteiger charge is -2.08. The largest absolute Gasteiger partial charge is 0.497 e. The first kappa shape index (κ1) is 14.8. The molecule has 0 bridgehead atoms. The van der Waals surface area contributed by atoms with Crippen molar-refractivity contribution in [1.82, 2.24) is 9.97 Å². The van der Waals surface area contributed by atoms with Crippen LogP contribution < -0.4 is 15.4 Å². The number of aromatic nitrogens is 2. The summed E-state index contributed by atoms with van der Waals surface area (Å²) >= 11 is 0. The van der Waals surface area contributed by atoms with Gasteiger partial charge in [0, 0.05) is 36.4 Å². The second-order valence-electron chi connectivity index (χ2n) is 4.98. The first-order valence-corrected chi connectivity index (χ1v) is 7.30. The van der Waals surface area contributed by atoms with Gasteiger partial charge in [-0.25, -0.2) is 9.97 Å². The summed E-state index contributed by atoms with van der Waals surface area (Å²) in [7, 11) is 3.54. The molecule has 0 fully saturated rings. The van der Waals surface area contributed by atoms with Gasteiger partial charge in [0.2, 0.25) is 5.95 Å². The fraction of sp³-hybridized carbons (Fsp3) is 0.111. The maximum atomic E-state index is 5.16. The number of anilines is 3. The molecule has 5 heteroatoms. The quantitative estimate of drug-likeness (QED) is 0.747. The van der Waals surface area contributed by atoms with Gasteiger partial charge < -0.3 is 15.4 Å². The zero-order chi connectivity index (χ0) is 16.1. The number of nitrogens with zero attached hydrogens (tertiary/aromatic N) is 2. The van der Waals surface area contributed by atoms with Crippen LogP contribution in [0.5, 0.6) is 5.75 Å². The summed E-state index contributed by atoms with van der Waals surface area (Å²) in [5, 5.41) is 6.30. The van der Waals surface area contributed by atoms with E-state index in [1.807, 2.05) is 55.6 Å². The highest BCUT2D eigenvalue weighted by Gasteiger charge is 2.02. The van der Waals surface area contributed by atoms with E-state index in [1.165, 1.54) is 0 Å². The molecule has 3 rings (SSSR count). The SMILES string of the molecule is CNc1cccc(Nc2ncc(-c3ccc(OC)cc3)cn2)c1. The van der Waals surface area contributed by atoms with Gasteiger partial charge in [0.15, 0.2) is 0 Å². The van der Waals surface area contributed by atoms with E-state index < -0.39 is 0 Å². The van der Waals surface area contributed by atoms with E-state index in [9.17, 15) is 0 Å². The minimum Gasteiger partial charge on any atom is -0.497 e. The number of rotatable bonds is 5. The molecule has 0 saturated carbocycles. The Balaban J connectivity index is 1.75. The monoisotopic (exact) mass is 306 g/mol.